The molecule has 0 aliphatic carbocycles. The van der Waals surface area contributed by atoms with E-state index in [1.165, 1.54) is 0 Å². The van der Waals surface area contributed by atoms with E-state index in [0.717, 1.165) is 17.6 Å². The molecule has 17 heavy (non-hydrogen) atoms. The third kappa shape index (κ3) is 2.69. The number of rotatable bonds is 5. The summed E-state index contributed by atoms with van der Waals surface area (Å²) < 4.78 is 10.3. The molecule has 5 heteroatoms. The summed E-state index contributed by atoms with van der Waals surface area (Å²) in [7, 11) is 1.62. The zero-order chi connectivity index (χ0) is 12.1. The number of aldehydes is 1. The smallest absolute Gasteiger partial charge is 0.231 e. The average Bonchev–Trinajstić information content (AvgIpc) is 2.78. The largest absolute Gasteiger partial charge is 0.496 e. The van der Waals surface area contributed by atoms with E-state index >= 15 is 0 Å². The molecule has 5 nitrogen and oxygen atoms in total. The molecule has 0 saturated heterocycles. The van der Waals surface area contributed by atoms with Gasteiger partial charge >= 0.3 is 0 Å². The lowest BCUT2D eigenvalue weighted by atomic mass is 10.1. The highest BCUT2D eigenvalue weighted by Gasteiger charge is 2.09. The average molecular weight is 232 g/mol. The van der Waals surface area contributed by atoms with Crippen LogP contribution in [0.5, 0.6) is 5.75 Å². The first kappa shape index (κ1) is 11.3. The van der Waals surface area contributed by atoms with Crippen LogP contribution in [-0.4, -0.2) is 23.5 Å². The van der Waals surface area contributed by atoms with Crippen LogP contribution in [0.25, 0.3) is 0 Å². The Morgan fingerprint density at radius 3 is 3.00 bits per heavy atom. The summed E-state index contributed by atoms with van der Waals surface area (Å²) in [5.74, 6) is 1.67. The Labute approximate surface area is 98.4 Å². The van der Waals surface area contributed by atoms with Crippen molar-refractivity contribution >= 4 is 6.29 Å². The Balaban J connectivity index is 2.16. The van der Waals surface area contributed by atoms with Crippen LogP contribution in [0.1, 0.15) is 17.3 Å². The number of benzene rings is 1. The van der Waals surface area contributed by atoms with E-state index in [1.54, 1.807) is 7.11 Å². The molecule has 0 aliphatic rings. The molecule has 0 atom stereocenters. The molecule has 0 spiro atoms. The minimum absolute atomic E-state index is 0.176. The lowest BCUT2D eigenvalue weighted by Crippen LogP contribution is -1.94. The highest BCUT2D eigenvalue weighted by Crippen LogP contribution is 2.20. The SMILES string of the molecule is COc1ccccc1Cc1nc(CC=O)no1. The highest BCUT2D eigenvalue weighted by molar-refractivity contribution is 5.52. The Kier molecular flexibility index (Phi) is 3.49. The fraction of sp³-hybridized carbons (Fsp3) is 0.250. The van der Waals surface area contributed by atoms with Gasteiger partial charge in [0.25, 0.3) is 0 Å². The molecule has 0 unspecified atom stereocenters. The van der Waals surface area contributed by atoms with Crippen molar-refractivity contribution in [2.24, 2.45) is 0 Å². The summed E-state index contributed by atoms with van der Waals surface area (Å²) in [6.45, 7) is 0. The third-order valence-electron chi connectivity index (χ3n) is 2.31. The Bertz CT molecular complexity index is 508. The normalized spacial score (nSPS) is 10.2. The number of hydrogen-bond donors (Lipinski definition) is 0. The number of carbonyl (C=O) groups is 1. The lowest BCUT2D eigenvalue weighted by Gasteiger charge is -2.04. The Morgan fingerprint density at radius 1 is 1.41 bits per heavy atom. The number of carbonyl (C=O) groups excluding carboxylic acids is 1. The molecule has 2 rings (SSSR count). The van der Waals surface area contributed by atoms with E-state index in [-0.39, 0.29) is 6.42 Å². The minimum atomic E-state index is 0.176. The van der Waals surface area contributed by atoms with Crippen LogP contribution in [0.4, 0.5) is 0 Å². The van der Waals surface area contributed by atoms with Gasteiger partial charge in [0.2, 0.25) is 5.89 Å². The van der Waals surface area contributed by atoms with Gasteiger partial charge < -0.3 is 14.1 Å². The second-order valence-electron chi connectivity index (χ2n) is 3.46. The molecular formula is C12H12N2O3. The zero-order valence-electron chi connectivity index (χ0n) is 9.42. The molecule has 0 bridgehead atoms. The van der Waals surface area contributed by atoms with E-state index in [9.17, 15) is 4.79 Å². The molecule has 0 saturated carbocycles. The number of hydrogen-bond acceptors (Lipinski definition) is 5. The topological polar surface area (TPSA) is 65.2 Å². The van der Waals surface area contributed by atoms with Crippen molar-refractivity contribution in [2.75, 3.05) is 7.11 Å². The quantitative estimate of drug-likeness (QED) is 0.729. The van der Waals surface area contributed by atoms with E-state index in [1.807, 2.05) is 24.3 Å². The minimum Gasteiger partial charge on any atom is -0.496 e. The number of para-hydroxylation sites is 1. The van der Waals surface area contributed by atoms with E-state index < -0.39 is 0 Å². The molecular weight excluding hydrogens is 220 g/mol. The Hall–Kier alpha value is -2.17. The molecule has 1 aromatic carbocycles. The van der Waals surface area contributed by atoms with Crippen molar-refractivity contribution in [1.82, 2.24) is 10.1 Å². The van der Waals surface area contributed by atoms with Crippen LogP contribution >= 0.6 is 0 Å². The summed E-state index contributed by atoms with van der Waals surface area (Å²) in [6.07, 6.45) is 1.42. The molecule has 1 aromatic heterocycles. The summed E-state index contributed by atoms with van der Waals surface area (Å²) in [4.78, 5) is 14.4. The van der Waals surface area contributed by atoms with Gasteiger partial charge in [-0.2, -0.15) is 4.98 Å². The van der Waals surface area contributed by atoms with Crippen LogP contribution in [-0.2, 0) is 17.6 Å². The fourth-order valence-corrected chi connectivity index (χ4v) is 1.53. The molecule has 0 N–H and O–H groups in total. The predicted octanol–water partition coefficient (Wildman–Crippen LogP) is 1.41. The molecule has 0 fully saturated rings. The van der Waals surface area contributed by atoms with Crippen molar-refractivity contribution in [2.45, 2.75) is 12.8 Å². The second kappa shape index (κ2) is 5.25. The van der Waals surface area contributed by atoms with Crippen LogP contribution in [0.3, 0.4) is 0 Å². The van der Waals surface area contributed by atoms with Crippen molar-refractivity contribution in [1.29, 1.82) is 0 Å². The van der Waals surface area contributed by atoms with Gasteiger partial charge in [-0.05, 0) is 6.07 Å². The molecule has 0 amide bonds. The fourth-order valence-electron chi connectivity index (χ4n) is 1.53. The number of nitrogens with zero attached hydrogens (tertiary/aromatic N) is 2. The highest BCUT2D eigenvalue weighted by atomic mass is 16.5. The van der Waals surface area contributed by atoms with E-state index in [4.69, 9.17) is 9.26 Å². The van der Waals surface area contributed by atoms with Gasteiger partial charge in [0.15, 0.2) is 5.82 Å². The zero-order valence-corrected chi connectivity index (χ0v) is 9.42. The maximum absolute atomic E-state index is 10.3. The maximum Gasteiger partial charge on any atom is 0.231 e. The predicted molar refractivity (Wildman–Crippen MR) is 59.9 cm³/mol. The summed E-state index contributed by atoms with van der Waals surface area (Å²) in [6, 6.07) is 7.62. The van der Waals surface area contributed by atoms with Crippen LogP contribution in [0.2, 0.25) is 0 Å². The van der Waals surface area contributed by atoms with Gasteiger partial charge in [-0.1, -0.05) is 23.4 Å². The molecule has 0 aliphatic heterocycles. The van der Waals surface area contributed by atoms with Gasteiger partial charge in [-0.15, -0.1) is 0 Å². The monoisotopic (exact) mass is 232 g/mol. The number of methoxy groups -OCH3 is 1. The summed E-state index contributed by atoms with van der Waals surface area (Å²) >= 11 is 0. The van der Waals surface area contributed by atoms with Crippen LogP contribution in [0, 0.1) is 0 Å². The molecule has 0 radical (unpaired) electrons. The van der Waals surface area contributed by atoms with Crippen molar-refractivity contribution in [3.8, 4) is 5.75 Å². The van der Waals surface area contributed by atoms with Gasteiger partial charge in [0.05, 0.1) is 20.0 Å². The molecule has 2 aromatic rings. The summed E-state index contributed by atoms with van der Waals surface area (Å²) in [5, 5.41) is 3.70. The molecule has 1 heterocycles. The Morgan fingerprint density at radius 2 is 2.24 bits per heavy atom. The van der Waals surface area contributed by atoms with E-state index in [0.29, 0.717) is 18.1 Å². The van der Waals surface area contributed by atoms with Gasteiger partial charge in [-0.25, -0.2) is 0 Å². The first-order valence-electron chi connectivity index (χ1n) is 5.20. The van der Waals surface area contributed by atoms with Crippen molar-refractivity contribution in [3.05, 3.63) is 41.5 Å². The number of ether oxygens (including phenoxy) is 1. The second-order valence-corrected chi connectivity index (χ2v) is 3.46. The number of aromatic nitrogens is 2. The van der Waals surface area contributed by atoms with Gasteiger partial charge in [-0.3, -0.25) is 0 Å². The standard InChI is InChI=1S/C12H12N2O3/c1-16-10-5-3-2-4-9(10)8-12-13-11(6-7-15)14-17-12/h2-5,7H,6,8H2,1H3. The van der Waals surface area contributed by atoms with Crippen molar-refractivity contribution in [3.63, 3.8) is 0 Å². The molecule has 88 valence electrons. The first-order valence-corrected chi connectivity index (χ1v) is 5.20. The first-order chi connectivity index (χ1) is 8.33. The van der Waals surface area contributed by atoms with Gasteiger partial charge in [0.1, 0.15) is 12.0 Å². The van der Waals surface area contributed by atoms with Gasteiger partial charge in [0, 0.05) is 5.56 Å². The van der Waals surface area contributed by atoms with Crippen LogP contribution in [0.15, 0.2) is 28.8 Å². The maximum atomic E-state index is 10.3. The van der Waals surface area contributed by atoms with Crippen LogP contribution < -0.4 is 4.74 Å². The van der Waals surface area contributed by atoms with E-state index in [2.05, 4.69) is 10.1 Å². The third-order valence-corrected chi connectivity index (χ3v) is 2.31. The van der Waals surface area contributed by atoms with Crippen molar-refractivity contribution < 1.29 is 14.1 Å². The summed E-state index contributed by atoms with van der Waals surface area (Å²) in [5.41, 5.74) is 0.969. The lowest BCUT2D eigenvalue weighted by molar-refractivity contribution is -0.107.